The highest BCUT2D eigenvalue weighted by Gasteiger charge is 2.17. The van der Waals surface area contributed by atoms with E-state index in [1.165, 1.54) is 26.0 Å². The summed E-state index contributed by atoms with van der Waals surface area (Å²) in [6, 6.07) is 21.1. The van der Waals surface area contributed by atoms with Crippen LogP contribution in [0.2, 0.25) is 0 Å². The largest absolute Gasteiger partial charge is 0.503 e. The van der Waals surface area contributed by atoms with Crippen LogP contribution in [-0.4, -0.2) is 33.0 Å². The Bertz CT molecular complexity index is 1230. The molecule has 0 bridgehead atoms. The highest BCUT2D eigenvalue weighted by Crippen LogP contribution is 2.30. The smallest absolute Gasteiger partial charge is 0.341 e. The third-order valence-corrected chi connectivity index (χ3v) is 5.47. The summed E-state index contributed by atoms with van der Waals surface area (Å²) in [7, 11) is 4.39. The summed E-state index contributed by atoms with van der Waals surface area (Å²) < 4.78 is 21.6. The number of hydrogen-bond acceptors (Lipinski definition) is 7. The van der Waals surface area contributed by atoms with Gasteiger partial charge < -0.3 is 23.8 Å². The molecule has 0 radical (unpaired) electrons. The number of methoxy groups -OCH3 is 3. The fraction of sp³-hybridized carbons (Fsp3) is 0.241. The zero-order valence-electron chi connectivity index (χ0n) is 21.2. The lowest BCUT2D eigenvalue weighted by atomic mass is 10.0. The van der Waals surface area contributed by atoms with Gasteiger partial charge in [-0.3, -0.25) is 0 Å². The van der Waals surface area contributed by atoms with Gasteiger partial charge in [-0.25, -0.2) is 4.79 Å². The van der Waals surface area contributed by atoms with E-state index in [1.807, 2.05) is 80.6 Å². The van der Waals surface area contributed by atoms with E-state index in [9.17, 15) is 4.79 Å². The summed E-state index contributed by atoms with van der Waals surface area (Å²) in [6.45, 7) is 4.48. The lowest BCUT2D eigenvalue weighted by Crippen LogP contribution is -2.08. The molecule has 0 saturated carbocycles. The fourth-order valence-electron chi connectivity index (χ4n) is 3.47. The van der Waals surface area contributed by atoms with Crippen molar-refractivity contribution in [2.75, 3.05) is 21.3 Å². The summed E-state index contributed by atoms with van der Waals surface area (Å²) in [5, 5.41) is 4.26. The Kier molecular flexibility index (Phi) is 9.51. The van der Waals surface area contributed by atoms with Crippen molar-refractivity contribution in [3.63, 3.8) is 0 Å². The van der Waals surface area contributed by atoms with Crippen molar-refractivity contribution in [3.05, 3.63) is 101 Å². The Balaban J connectivity index is 1.78. The minimum atomic E-state index is -0.499. The molecule has 0 aliphatic rings. The summed E-state index contributed by atoms with van der Waals surface area (Å²) in [5.41, 5.74) is 5.51. The molecule has 0 spiro atoms. The van der Waals surface area contributed by atoms with E-state index in [-0.39, 0.29) is 6.61 Å². The molecular weight excluding hydrogens is 458 g/mol. The zero-order valence-corrected chi connectivity index (χ0v) is 21.2. The first-order valence-electron chi connectivity index (χ1n) is 11.4. The lowest BCUT2D eigenvalue weighted by Gasteiger charge is -2.15. The van der Waals surface area contributed by atoms with Gasteiger partial charge in [-0.2, -0.15) is 0 Å². The molecule has 0 aliphatic heterocycles. The van der Waals surface area contributed by atoms with Gasteiger partial charge in [0.05, 0.1) is 33.3 Å². The molecule has 0 amide bonds. The van der Waals surface area contributed by atoms with E-state index in [0.717, 1.165) is 16.7 Å². The normalized spacial score (nSPS) is 11.6. The molecule has 0 unspecified atom stereocenters. The average Bonchev–Trinajstić information content (AvgIpc) is 2.91. The molecule has 0 saturated heterocycles. The average molecular weight is 490 g/mol. The number of hydrogen-bond donors (Lipinski definition) is 0. The predicted octanol–water partition coefficient (Wildman–Crippen LogP) is 5.68. The SMILES string of the molecule is CO/C=C(/C(=O)OC)c1ccccc1COc1cc(/C(C)=N/OCc2ccc(C)cc2)ccc1OC. The van der Waals surface area contributed by atoms with Crippen molar-refractivity contribution in [2.45, 2.75) is 27.1 Å². The number of carbonyl (C=O) groups excluding carboxylic acids is 1. The van der Waals surface area contributed by atoms with Crippen molar-refractivity contribution in [1.29, 1.82) is 0 Å². The highest BCUT2D eigenvalue weighted by molar-refractivity contribution is 6.16. The lowest BCUT2D eigenvalue weighted by molar-refractivity contribution is -0.133. The Morgan fingerprint density at radius 3 is 2.36 bits per heavy atom. The van der Waals surface area contributed by atoms with E-state index in [0.29, 0.717) is 35.0 Å². The number of carbonyl (C=O) groups is 1. The molecule has 0 atom stereocenters. The molecule has 0 heterocycles. The Morgan fingerprint density at radius 1 is 0.917 bits per heavy atom. The predicted molar refractivity (Wildman–Crippen MR) is 139 cm³/mol. The highest BCUT2D eigenvalue weighted by atomic mass is 16.6. The van der Waals surface area contributed by atoms with Crippen LogP contribution in [0.25, 0.3) is 5.57 Å². The van der Waals surface area contributed by atoms with Crippen LogP contribution in [0.15, 0.2) is 78.1 Å². The van der Waals surface area contributed by atoms with Crippen LogP contribution in [0.3, 0.4) is 0 Å². The van der Waals surface area contributed by atoms with Gasteiger partial charge in [-0.1, -0.05) is 59.3 Å². The minimum Gasteiger partial charge on any atom is -0.503 e. The minimum absolute atomic E-state index is 0.189. The van der Waals surface area contributed by atoms with Gasteiger partial charge in [0, 0.05) is 5.56 Å². The monoisotopic (exact) mass is 489 g/mol. The topological polar surface area (TPSA) is 75.6 Å². The molecule has 7 heteroatoms. The first-order valence-corrected chi connectivity index (χ1v) is 11.4. The third kappa shape index (κ3) is 6.88. The number of aryl methyl sites for hydroxylation is 1. The van der Waals surface area contributed by atoms with E-state index in [2.05, 4.69) is 5.16 Å². The van der Waals surface area contributed by atoms with Crippen LogP contribution in [0.1, 0.15) is 34.7 Å². The van der Waals surface area contributed by atoms with E-state index < -0.39 is 5.97 Å². The fourth-order valence-corrected chi connectivity index (χ4v) is 3.47. The molecule has 7 nitrogen and oxygen atoms in total. The summed E-state index contributed by atoms with van der Waals surface area (Å²) >= 11 is 0. The zero-order chi connectivity index (χ0) is 25.9. The molecule has 0 N–H and O–H groups in total. The van der Waals surface area contributed by atoms with Crippen LogP contribution < -0.4 is 9.47 Å². The van der Waals surface area contributed by atoms with Crippen LogP contribution in [0, 0.1) is 6.92 Å². The number of ether oxygens (including phenoxy) is 4. The van der Waals surface area contributed by atoms with E-state index >= 15 is 0 Å². The molecule has 0 aliphatic carbocycles. The van der Waals surface area contributed by atoms with Gasteiger partial charge in [0.15, 0.2) is 11.5 Å². The number of benzene rings is 3. The van der Waals surface area contributed by atoms with Crippen molar-refractivity contribution in [3.8, 4) is 11.5 Å². The molecule has 3 rings (SSSR count). The standard InChI is InChI=1S/C29H31NO6/c1-20-10-12-22(13-11-20)17-36-30-21(2)23-14-15-27(33-4)28(16-23)35-18-24-8-6-7-9-25(24)26(19-32-3)29(31)34-5/h6-16,19H,17-18H2,1-5H3/b26-19+,30-21+. The summed E-state index contributed by atoms with van der Waals surface area (Å²) in [4.78, 5) is 17.8. The van der Waals surface area contributed by atoms with Gasteiger partial charge >= 0.3 is 5.97 Å². The van der Waals surface area contributed by atoms with Gasteiger partial charge in [0.25, 0.3) is 0 Å². The van der Waals surface area contributed by atoms with Gasteiger partial charge in [-0.05, 0) is 48.7 Å². The van der Waals surface area contributed by atoms with Crippen LogP contribution in [-0.2, 0) is 32.3 Å². The quantitative estimate of drug-likeness (QED) is 0.113. The van der Waals surface area contributed by atoms with Crippen molar-refractivity contribution >= 4 is 17.3 Å². The molecule has 3 aromatic carbocycles. The third-order valence-electron chi connectivity index (χ3n) is 5.47. The number of esters is 1. The van der Waals surface area contributed by atoms with Crippen molar-refractivity contribution in [1.82, 2.24) is 0 Å². The maximum absolute atomic E-state index is 12.3. The van der Waals surface area contributed by atoms with E-state index in [4.69, 9.17) is 23.8 Å². The summed E-state index contributed by atoms with van der Waals surface area (Å²) in [6.07, 6.45) is 1.36. The Hall–Kier alpha value is -4.26. The molecule has 3 aromatic rings. The second-order valence-electron chi connectivity index (χ2n) is 8.01. The maximum atomic E-state index is 12.3. The van der Waals surface area contributed by atoms with E-state index in [1.54, 1.807) is 7.11 Å². The first-order chi connectivity index (χ1) is 17.5. The second-order valence-corrected chi connectivity index (χ2v) is 8.01. The number of oxime groups is 1. The molecular formula is C29H31NO6. The van der Waals surface area contributed by atoms with Crippen molar-refractivity contribution < 1.29 is 28.6 Å². The molecule has 188 valence electrons. The van der Waals surface area contributed by atoms with Gasteiger partial charge in [-0.15, -0.1) is 0 Å². The maximum Gasteiger partial charge on any atom is 0.341 e. The Labute approximate surface area is 211 Å². The van der Waals surface area contributed by atoms with Crippen LogP contribution in [0.5, 0.6) is 11.5 Å². The molecule has 0 aromatic heterocycles. The second kappa shape index (κ2) is 13.0. The number of rotatable bonds is 11. The van der Waals surface area contributed by atoms with Gasteiger partial charge in [0.1, 0.15) is 18.8 Å². The summed E-state index contributed by atoms with van der Waals surface area (Å²) in [5.74, 6) is 0.611. The molecule has 0 fully saturated rings. The van der Waals surface area contributed by atoms with Crippen LogP contribution in [0.4, 0.5) is 0 Å². The first kappa shape index (κ1) is 26.3. The van der Waals surface area contributed by atoms with Crippen LogP contribution >= 0.6 is 0 Å². The van der Waals surface area contributed by atoms with Gasteiger partial charge in [0.2, 0.25) is 0 Å². The Morgan fingerprint density at radius 2 is 1.67 bits per heavy atom. The van der Waals surface area contributed by atoms with Crippen molar-refractivity contribution in [2.24, 2.45) is 5.16 Å². The number of nitrogens with zero attached hydrogens (tertiary/aromatic N) is 1. The molecule has 36 heavy (non-hydrogen) atoms.